The zero-order valence-corrected chi connectivity index (χ0v) is 21.7. The first-order valence-electron chi connectivity index (χ1n) is 11.4. The SMILES string of the molecule is CCCCOc1c(Cl)cc(C(=O)c2c(C)c(C#N)c(=O)n(CCc3ccc(OC)cc3)c2O)cc1Cl. The second-order valence-corrected chi connectivity index (χ2v) is 8.98. The van der Waals surface area contributed by atoms with Gasteiger partial charge in [0, 0.05) is 12.1 Å². The number of pyridine rings is 1. The summed E-state index contributed by atoms with van der Waals surface area (Å²) in [5.74, 6) is -0.187. The molecule has 0 atom stereocenters. The zero-order chi connectivity index (χ0) is 26.4. The second kappa shape index (κ2) is 12.0. The van der Waals surface area contributed by atoms with Gasteiger partial charge in [0.05, 0.1) is 29.3 Å². The van der Waals surface area contributed by atoms with E-state index < -0.39 is 17.2 Å². The molecule has 0 aliphatic rings. The lowest BCUT2D eigenvalue weighted by Gasteiger charge is -2.16. The fourth-order valence-electron chi connectivity index (χ4n) is 3.76. The van der Waals surface area contributed by atoms with E-state index in [0.29, 0.717) is 18.8 Å². The van der Waals surface area contributed by atoms with E-state index in [0.717, 1.165) is 23.0 Å². The number of aryl methyl sites for hydroxylation is 1. The number of benzene rings is 2. The molecule has 3 rings (SSSR count). The van der Waals surface area contributed by atoms with E-state index in [1.807, 2.05) is 25.1 Å². The molecule has 0 unspecified atom stereocenters. The normalized spacial score (nSPS) is 10.7. The molecule has 7 nitrogen and oxygen atoms in total. The molecule has 1 aromatic heterocycles. The van der Waals surface area contributed by atoms with Gasteiger partial charge in [-0.05, 0) is 55.2 Å². The first-order valence-corrected chi connectivity index (χ1v) is 12.1. The van der Waals surface area contributed by atoms with Crippen molar-refractivity contribution >= 4 is 29.0 Å². The third kappa shape index (κ3) is 5.67. The number of carbonyl (C=O) groups excluding carboxylic acids is 1. The number of ketones is 1. The minimum Gasteiger partial charge on any atom is -0.497 e. The van der Waals surface area contributed by atoms with Gasteiger partial charge in [0.1, 0.15) is 17.4 Å². The molecular formula is C27H26Cl2N2O5. The van der Waals surface area contributed by atoms with Crippen LogP contribution in [0.4, 0.5) is 0 Å². The fraction of sp³-hybridized carbons (Fsp3) is 0.296. The van der Waals surface area contributed by atoms with Crippen LogP contribution in [-0.4, -0.2) is 29.2 Å². The van der Waals surface area contributed by atoms with Gasteiger partial charge in [0.25, 0.3) is 5.56 Å². The van der Waals surface area contributed by atoms with E-state index in [1.54, 1.807) is 19.2 Å². The van der Waals surface area contributed by atoms with Crippen molar-refractivity contribution in [3.05, 3.63) is 84.6 Å². The van der Waals surface area contributed by atoms with Crippen LogP contribution in [0.2, 0.25) is 10.0 Å². The number of hydrogen-bond donors (Lipinski definition) is 1. The Morgan fingerprint density at radius 1 is 1.17 bits per heavy atom. The van der Waals surface area contributed by atoms with E-state index >= 15 is 0 Å². The van der Waals surface area contributed by atoms with E-state index in [4.69, 9.17) is 32.7 Å². The van der Waals surface area contributed by atoms with Crippen LogP contribution in [0.5, 0.6) is 17.4 Å². The Bertz CT molecular complexity index is 1350. The van der Waals surface area contributed by atoms with Gasteiger partial charge in [-0.2, -0.15) is 5.26 Å². The number of methoxy groups -OCH3 is 1. The summed E-state index contributed by atoms with van der Waals surface area (Å²) in [5, 5.41) is 20.9. The Kier molecular flexibility index (Phi) is 9.03. The van der Waals surface area contributed by atoms with Gasteiger partial charge in [-0.1, -0.05) is 48.7 Å². The Labute approximate surface area is 219 Å². The number of carbonyl (C=O) groups is 1. The molecule has 0 fully saturated rings. The molecule has 2 aromatic carbocycles. The Morgan fingerprint density at radius 3 is 2.36 bits per heavy atom. The highest BCUT2D eigenvalue weighted by molar-refractivity contribution is 6.38. The van der Waals surface area contributed by atoms with Crippen LogP contribution in [0.3, 0.4) is 0 Å². The summed E-state index contributed by atoms with van der Waals surface area (Å²) < 4.78 is 11.8. The van der Waals surface area contributed by atoms with Crippen molar-refractivity contribution in [3.63, 3.8) is 0 Å². The molecule has 1 N–H and O–H groups in total. The van der Waals surface area contributed by atoms with Crippen molar-refractivity contribution in [2.24, 2.45) is 0 Å². The Morgan fingerprint density at radius 2 is 1.81 bits per heavy atom. The van der Waals surface area contributed by atoms with Crippen LogP contribution in [0.15, 0.2) is 41.2 Å². The molecule has 0 bridgehead atoms. The number of aromatic hydroxyl groups is 1. The summed E-state index contributed by atoms with van der Waals surface area (Å²) in [6.45, 7) is 3.95. The number of aromatic nitrogens is 1. The maximum absolute atomic E-state index is 13.5. The third-order valence-corrected chi connectivity index (χ3v) is 6.38. The summed E-state index contributed by atoms with van der Waals surface area (Å²) in [6.07, 6.45) is 2.12. The summed E-state index contributed by atoms with van der Waals surface area (Å²) in [4.78, 5) is 26.4. The number of hydrogen-bond acceptors (Lipinski definition) is 6. The predicted octanol–water partition coefficient (Wildman–Crippen LogP) is 5.70. The van der Waals surface area contributed by atoms with Gasteiger partial charge in [0.2, 0.25) is 5.88 Å². The van der Waals surface area contributed by atoms with Gasteiger partial charge in [-0.25, -0.2) is 0 Å². The number of nitrogens with zero attached hydrogens (tertiary/aromatic N) is 2. The summed E-state index contributed by atoms with van der Waals surface area (Å²) >= 11 is 12.7. The minimum atomic E-state index is -0.673. The van der Waals surface area contributed by atoms with Crippen molar-refractivity contribution in [1.29, 1.82) is 5.26 Å². The van der Waals surface area contributed by atoms with Crippen molar-refractivity contribution in [3.8, 4) is 23.4 Å². The molecule has 0 amide bonds. The van der Waals surface area contributed by atoms with Gasteiger partial charge < -0.3 is 14.6 Å². The van der Waals surface area contributed by atoms with Crippen LogP contribution in [0.25, 0.3) is 0 Å². The Hall–Kier alpha value is -3.47. The fourth-order valence-corrected chi connectivity index (χ4v) is 4.35. The lowest BCUT2D eigenvalue weighted by Crippen LogP contribution is -2.27. The van der Waals surface area contributed by atoms with Crippen LogP contribution in [-0.2, 0) is 13.0 Å². The molecule has 0 aliphatic heterocycles. The summed E-state index contributed by atoms with van der Waals surface area (Å²) in [6, 6.07) is 11.9. The summed E-state index contributed by atoms with van der Waals surface area (Å²) in [7, 11) is 1.56. The number of unbranched alkanes of at least 4 members (excludes halogenated alkanes) is 1. The topological polar surface area (TPSA) is 102 Å². The highest BCUT2D eigenvalue weighted by Gasteiger charge is 2.26. The second-order valence-electron chi connectivity index (χ2n) is 8.17. The average molecular weight is 529 g/mol. The van der Waals surface area contributed by atoms with E-state index in [-0.39, 0.29) is 44.6 Å². The number of rotatable bonds is 10. The van der Waals surface area contributed by atoms with Crippen molar-refractivity contribution in [2.75, 3.05) is 13.7 Å². The van der Waals surface area contributed by atoms with Crippen LogP contribution >= 0.6 is 23.2 Å². The van der Waals surface area contributed by atoms with Gasteiger partial charge in [-0.3, -0.25) is 14.2 Å². The smallest absolute Gasteiger partial charge is 0.271 e. The van der Waals surface area contributed by atoms with E-state index in [2.05, 4.69) is 0 Å². The number of halogens is 2. The average Bonchev–Trinajstić information content (AvgIpc) is 2.86. The molecule has 9 heteroatoms. The quantitative estimate of drug-likeness (QED) is 0.267. The minimum absolute atomic E-state index is 0.0535. The highest BCUT2D eigenvalue weighted by Crippen LogP contribution is 2.36. The van der Waals surface area contributed by atoms with Crippen molar-refractivity contribution in [1.82, 2.24) is 4.57 Å². The molecule has 0 spiro atoms. The van der Waals surface area contributed by atoms with E-state index in [1.165, 1.54) is 19.1 Å². The number of nitriles is 1. The van der Waals surface area contributed by atoms with E-state index in [9.17, 15) is 20.0 Å². The molecule has 1 heterocycles. The van der Waals surface area contributed by atoms with Gasteiger partial charge in [-0.15, -0.1) is 0 Å². The number of ether oxygens (including phenoxy) is 2. The standard InChI is InChI=1S/C27H26Cl2N2O5/c1-4-5-12-36-25-21(28)13-18(14-22(25)29)24(32)23-16(2)20(15-30)26(33)31(27(23)34)11-10-17-6-8-19(35-3)9-7-17/h6-9,13-14,34H,4-5,10-12H2,1-3H3. The summed E-state index contributed by atoms with van der Waals surface area (Å²) in [5.41, 5.74) is 0.00606. The maximum atomic E-state index is 13.5. The molecule has 0 radical (unpaired) electrons. The van der Waals surface area contributed by atoms with Gasteiger partial charge in [0.15, 0.2) is 11.5 Å². The molecule has 0 aliphatic carbocycles. The molecule has 3 aromatic rings. The largest absolute Gasteiger partial charge is 0.497 e. The maximum Gasteiger partial charge on any atom is 0.271 e. The molecule has 0 saturated carbocycles. The predicted molar refractivity (Wildman–Crippen MR) is 139 cm³/mol. The van der Waals surface area contributed by atoms with Gasteiger partial charge >= 0.3 is 0 Å². The molecule has 0 saturated heterocycles. The van der Waals surface area contributed by atoms with Crippen LogP contribution in [0.1, 0.15) is 52.4 Å². The lowest BCUT2D eigenvalue weighted by molar-refractivity contribution is 0.103. The zero-order valence-electron chi connectivity index (χ0n) is 20.2. The monoisotopic (exact) mass is 528 g/mol. The van der Waals surface area contributed by atoms with Crippen molar-refractivity contribution < 1.29 is 19.4 Å². The van der Waals surface area contributed by atoms with Crippen LogP contribution in [0, 0.1) is 18.3 Å². The first-order chi connectivity index (χ1) is 17.2. The van der Waals surface area contributed by atoms with Crippen molar-refractivity contribution in [2.45, 2.75) is 39.7 Å². The highest BCUT2D eigenvalue weighted by atomic mass is 35.5. The Balaban J connectivity index is 2.01. The molecule has 188 valence electrons. The first kappa shape index (κ1) is 27.1. The molecular weight excluding hydrogens is 503 g/mol. The lowest BCUT2D eigenvalue weighted by atomic mass is 9.97. The van der Waals surface area contributed by atoms with Crippen LogP contribution < -0.4 is 15.0 Å². The third-order valence-electron chi connectivity index (χ3n) is 5.82. The molecule has 36 heavy (non-hydrogen) atoms.